The van der Waals surface area contributed by atoms with Crippen LogP contribution in [-0.2, 0) is 13.0 Å². The van der Waals surface area contributed by atoms with Crippen LogP contribution in [0.25, 0.3) is 0 Å². The van der Waals surface area contributed by atoms with Gasteiger partial charge in [0, 0.05) is 18.9 Å². The smallest absolute Gasteiger partial charge is 0.0220 e. The van der Waals surface area contributed by atoms with Gasteiger partial charge in [0.2, 0.25) is 0 Å². The third-order valence-electron chi connectivity index (χ3n) is 2.42. The fourth-order valence-corrected chi connectivity index (χ4v) is 1.58. The van der Waals surface area contributed by atoms with Gasteiger partial charge in [-0.25, -0.2) is 0 Å². The molecular formula is C13H16N2. The van der Waals surface area contributed by atoms with Crippen LogP contribution in [0.3, 0.4) is 0 Å². The quantitative estimate of drug-likeness (QED) is 0.712. The Morgan fingerprint density at radius 2 is 1.87 bits per heavy atom. The zero-order valence-electron chi connectivity index (χ0n) is 8.74. The highest BCUT2D eigenvalue weighted by Gasteiger charge is 1.93. The minimum Gasteiger partial charge on any atom is -0.367 e. The number of hydrogen-bond acceptors (Lipinski definition) is 1. The van der Waals surface area contributed by atoms with Crippen molar-refractivity contribution in [3.05, 3.63) is 59.9 Å². The van der Waals surface area contributed by atoms with Crippen LogP contribution in [0.2, 0.25) is 0 Å². The predicted octanol–water partition coefficient (Wildman–Crippen LogP) is 2.35. The normalized spacial score (nSPS) is 10.4. The Morgan fingerprint density at radius 3 is 2.60 bits per heavy atom. The molecule has 0 saturated heterocycles. The van der Waals surface area contributed by atoms with E-state index >= 15 is 0 Å². The second-order valence-electron chi connectivity index (χ2n) is 3.63. The third-order valence-corrected chi connectivity index (χ3v) is 2.42. The maximum Gasteiger partial charge on any atom is 0.0220 e. The second-order valence-corrected chi connectivity index (χ2v) is 3.63. The van der Waals surface area contributed by atoms with Crippen LogP contribution < -0.4 is 5.32 Å². The molecular weight excluding hydrogens is 184 g/mol. The van der Waals surface area contributed by atoms with Crippen molar-refractivity contribution in [1.29, 1.82) is 0 Å². The Hall–Kier alpha value is -1.54. The van der Waals surface area contributed by atoms with Crippen molar-refractivity contribution in [2.24, 2.45) is 0 Å². The van der Waals surface area contributed by atoms with E-state index < -0.39 is 0 Å². The molecule has 1 heterocycles. The molecule has 1 aromatic carbocycles. The Kier molecular flexibility index (Phi) is 3.58. The lowest BCUT2D eigenvalue weighted by atomic mass is 10.1. The summed E-state index contributed by atoms with van der Waals surface area (Å²) in [5.41, 5.74) is 2.70. The van der Waals surface area contributed by atoms with E-state index in [4.69, 9.17) is 0 Å². The van der Waals surface area contributed by atoms with Crippen LogP contribution in [0.1, 0.15) is 11.1 Å². The molecule has 0 bridgehead atoms. The molecule has 0 saturated carbocycles. The monoisotopic (exact) mass is 200 g/mol. The van der Waals surface area contributed by atoms with Crippen LogP contribution in [-0.4, -0.2) is 11.5 Å². The van der Waals surface area contributed by atoms with E-state index in [0.29, 0.717) is 0 Å². The maximum absolute atomic E-state index is 3.42. The number of aromatic amines is 1. The molecule has 0 aliphatic carbocycles. The number of H-pyrrole nitrogens is 1. The minimum absolute atomic E-state index is 0.941. The van der Waals surface area contributed by atoms with Gasteiger partial charge in [0.05, 0.1) is 0 Å². The summed E-state index contributed by atoms with van der Waals surface area (Å²) in [6, 6.07) is 12.6. The van der Waals surface area contributed by atoms with Gasteiger partial charge in [-0.15, -0.1) is 0 Å². The van der Waals surface area contributed by atoms with Crippen LogP contribution in [0.4, 0.5) is 0 Å². The number of benzene rings is 1. The number of rotatable bonds is 5. The molecule has 0 amide bonds. The molecule has 0 fully saturated rings. The fourth-order valence-electron chi connectivity index (χ4n) is 1.58. The first-order valence-corrected chi connectivity index (χ1v) is 5.31. The maximum atomic E-state index is 3.42. The summed E-state index contributed by atoms with van der Waals surface area (Å²) in [5.74, 6) is 0. The van der Waals surface area contributed by atoms with Gasteiger partial charge >= 0.3 is 0 Å². The summed E-state index contributed by atoms with van der Waals surface area (Å²) < 4.78 is 0. The Balaban J connectivity index is 1.68. The van der Waals surface area contributed by atoms with Crippen molar-refractivity contribution in [3.63, 3.8) is 0 Å². The van der Waals surface area contributed by atoms with Crippen molar-refractivity contribution in [2.75, 3.05) is 6.54 Å². The molecule has 78 valence electrons. The molecule has 2 aromatic rings. The topological polar surface area (TPSA) is 27.8 Å². The van der Waals surface area contributed by atoms with Gasteiger partial charge in [0.15, 0.2) is 0 Å². The van der Waals surface area contributed by atoms with Crippen molar-refractivity contribution >= 4 is 0 Å². The molecule has 0 aliphatic heterocycles. The first-order chi connectivity index (χ1) is 7.45. The van der Waals surface area contributed by atoms with E-state index in [9.17, 15) is 0 Å². The second kappa shape index (κ2) is 5.37. The molecule has 0 unspecified atom stereocenters. The summed E-state index contributed by atoms with van der Waals surface area (Å²) in [7, 11) is 0. The lowest BCUT2D eigenvalue weighted by Crippen LogP contribution is -2.16. The van der Waals surface area contributed by atoms with E-state index in [1.165, 1.54) is 11.1 Å². The Labute approximate surface area is 90.3 Å². The minimum atomic E-state index is 0.941. The fraction of sp³-hybridized carbons (Fsp3) is 0.231. The first-order valence-electron chi connectivity index (χ1n) is 5.31. The number of aromatic nitrogens is 1. The largest absolute Gasteiger partial charge is 0.367 e. The average Bonchev–Trinajstić information content (AvgIpc) is 2.79. The zero-order valence-corrected chi connectivity index (χ0v) is 8.74. The predicted molar refractivity (Wildman–Crippen MR) is 62.6 cm³/mol. The highest BCUT2D eigenvalue weighted by molar-refractivity contribution is 5.15. The first kappa shape index (κ1) is 9.99. The van der Waals surface area contributed by atoms with Gasteiger partial charge in [-0.05, 0) is 30.2 Å². The van der Waals surface area contributed by atoms with Gasteiger partial charge in [-0.2, -0.15) is 0 Å². The number of nitrogens with one attached hydrogen (secondary N) is 2. The Bertz CT molecular complexity index is 365. The molecule has 1 aromatic heterocycles. The lowest BCUT2D eigenvalue weighted by Gasteiger charge is -2.03. The van der Waals surface area contributed by atoms with Crippen molar-refractivity contribution in [3.8, 4) is 0 Å². The molecule has 15 heavy (non-hydrogen) atoms. The summed E-state index contributed by atoms with van der Waals surface area (Å²) in [6.45, 7) is 1.96. The lowest BCUT2D eigenvalue weighted by molar-refractivity contribution is 0.687. The Morgan fingerprint density at radius 1 is 1.00 bits per heavy atom. The van der Waals surface area contributed by atoms with Crippen LogP contribution in [0, 0.1) is 0 Å². The van der Waals surface area contributed by atoms with Crippen molar-refractivity contribution in [2.45, 2.75) is 13.0 Å². The van der Waals surface area contributed by atoms with Gasteiger partial charge < -0.3 is 10.3 Å². The van der Waals surface area contributed by atoms with E-state index in [1.54, 1.807) is 0 Å². The van der Waals surface area contributed by atoms with Gasteiger partial charge in [0.1, 0.15) is 0 Å². The van der Waals surface area contributed by atoms with Gasteiger partial charge in [-0.3, -0.25) is 0 Å². The SMILES string of the molecule is c1ccc(CCNCc2cc[nH]c2)cc1. The van der Waals surface area contributed by atoms with Crippen molar-refractivity contribution < 1.29 is 0 Å². The van der Waals surface area contributed by atoms with Gasteiger partial charge in [0.25, 0.3) is 0 Å². The summed E-state index contributed by atoms with van der Waals surface area (Å²) in [5, 5.41) is 3.42. The summed E-state index contributed by atoms with van der Waals surface area (Å²) >= 11 is 0. The van der Waals surface area contributed by atoms with Crippen LogP contribution in [0.15, 0.2) is 48.8 Å². The highest BCUT2D eigenvalue weighted by Crippen LogP contribution is 1.99. The molecule has 0 radical (unpaired) electrons. The molecule has 2 nitrogen and oxygen atoms in total. The van der Waals surface area contributed by atoms with Crippen LogP contribution in [0.5, 0.6) is 0 Å². The van der Waals surface area contributed by atoms with Crippen molar-refractivity contribution in [1.82, 2.24) is 10.3 Å². The zero-order chi connectivity index (χ0) is 10.3. The van der Waals surface area contributed by atoms with E-state index in [-0.39, 0.29) is 0 Å². The molecule has 2 rings (SSSR count). The standard InChI is InChI=1S/C13H16N2/c1-2-4-12(5-3-1)6-8-14-10-13-7-9-15-11-13/h1-5,7,9,11,14-15H,6,8,10H2. The average molecular weight is 200 g/mol. The van der Waals surface area contributed by atoms with E-state index in [0.717, 1.165) is 19.5 Å². The molecule has 0 spiro atoms. The van der Waals surface area contributed by atoms with Crippen LogP contribution >= 0.6 is 0 Å². The van der Waals surface area contributed by atoms with Gasteiger partial charge in [-0.1, -0.05) is 30.3 Å². The van der Waals surface area contributed by atoms with E-state index in [1.807, 2.05) is 12.4 Å². The highest BCUT2D eigenvalue weighted by atomic mass is 14.8. The molecule has 2 heteroatoms. The number of hydrogen-bond donors (Lipinski definition) is 2. The molecule has 0 atom stereocenters. The van der Waals surface area contributed by atoms with E-state index in [2.05, 4.69) is 46.7 Å². The molecule has 0 aliphatic rings. The molecule has 2 N–H and O–H groups in total. The summed E-state index contributed by atoms with van der Waals surface area (Å²) in [4.78, 5) is 3.05. The summed E-state index contributed by atoms with van der Waals surface area (Å²) in [6.07, 6.45) is 5.06. The third kappa shape index (κ3) is 3.26.